The number of carbonyl (C=O) groups is 1. The quantitative estimate of drug-likeness (QED) is 0.718. The Balaban J connectivity index is 1.91. The number of dihydropyridines is 2. The molecule has 0 radical (unpaired) electrons. The first-order valence-electron chi connectivity index (χ1n) is 9.47. The van der Waals surface area contributed by atoms with Gasteiger partial charge in [-0.25, -0.2) is 13.4 Å². The summed E-state index contributed by atoms with van der Waals surface area (Å²) in [6, 6.07) is 7.10. The van der Waals surface area contributed by atoms with Gasteiger partial charge >= 0.3 is 0 Å². The third-order valence-electron chi connectivity index (χ3n) is 4.44. The highest BCUT2D eigenvalue weighted by Crippen LogP contribution is 2.30. The fourth-order valence-corrected chi connectivity index (χ4v) is 3.47. The highest BCUT2D eigenvalue weighted by atomic mass is 32.2. The number of aliphatic imine (C=N–C) groups is 1. The summed E-state index contributed by atoms with van der Waals surface area (Å²) in [5.41, 5.74) is 4.48. The lowest BCUT2D eigenvalue weighted by Gasteiger charge is -2.29. The van der Waals surface area contributed by atoms with Crippen molar-refractivity contribution < 1.29 is 13.2 Å². The Hall–Kier alpha value is -3.19. The highest BCUT2D eigenvalue weighted by Gasteiger charge is 2.23. The first-order valence-corrected chi connectivity index (χ1v) is 11.4. The summed E-state index contributed by atoms with van der Waals surface area (Å²) < 4.78 is 25.1. The summed E-state index contributed by atoms with van der Waals surface area (Å²) in [5, 5.41) is 3.37. The van der Waals surface area contributed by atoms with Crippen molar-refractivity contribution in [2.45, 2.75) is 20.8 Å². The molecule has 0 atom stereocenters. The molecule has 2 heterocycles. The van der Waals surface area contributed by atoms with Gasteiger partial charge < -0.3 is 5.32 Å². The lowest BCUT2D eigenvalue weighted by molar-refractivity contribution is -0.114. The predicted molar refractivity (Wildman–Crippen MR) is 122 cm³/mol. The molecule has 2 aliphatic heterocycles. The van der Waals surface area contributed by atoms with Gasteiger partial charge in [-0.1, -0.05) is 45.1 Å². The van der Waals surface area contributed by atoms with Crippen LogP contribution in [0.3, 0.4) is 0 Å². The van der Waals surface area contributed by atoms with Crippen molar-refractivity contribution in [1.82, 2.24) is 5.32 Å². The van der Waals surface area contributed by atoms with Crippen LogP contribution in [-0.4, -0.2) is 26.8 Å². The first-order chi connectivity index (χ1) is 14.0. The van der Waals surface area contributed by atoms with Gasteiger partial charge in [0.1, 0.15) is 0 Å². The SMILES string of the molecule is CC(C)(C)C1=CC(C=Cc2ccc(NS(C)(=O)=O)cc2)=CC(=C2C=CC=NC2=O)N1. The smallest absolute Gasteiger partial charge is 0.279 e. The normalized spacial score (nSPS) is 19.5. The van der Waals surface area contributed by atoms with Crippen LogP contribution in [-0.2, 0) is 14.8 Å². The number of nitrogens with zero attached hydrogens (tertiary/aromatic N) is 1. The molecule has 6 nitrogen and oxygen atoms in total. The van der Waals surface area contributed by atoms with E-state index in [-0.39, 0.29) is 11.3 Å². The lowest BCUT2D eigenvalue weighted by Crippen LogP contribution is -2.27. The summed E-state index contributed by atoms with van der Waals surface area (Å²) in [6.45, 7) is 6.31. The van der Waals surface area contributed by atoms with E-state index in [1.54, 1.807) is 24.3 Å². The average Bonchev–Trinajstić information content (AvgIpc) is 2.66. The van der Waals surface area contributed by atoms with Crippen LogP contribution in [0, 0.1) is 5.41 Å². The molecule has 0 saturated heterocycles. The third-order valence-corrected chi connectivity index (χ3v) is 5.05. The zero-order valence-corrected chi connectivity index (χ0v) is 18.2. The second kappa shape index (κ2) is 8.28. The van der Waals surface area contributed by atoms with Gasteiger partial charge in [0.2, 0.25) is 10.0 Å². The van der Waals surface area contributed by atoms with Gasteiger partial charge in [-0.15, -0.1) is 0 Å². The Bertz CT molecular complexity index is 1140. The second-order valence-corrected chi connectivity index (χ2v) is 9.93. The van der Waals surface area contributed by atoms with E-state index in [9.17, 15) is 13.2 Å². The van der Waals surface area contributed by atoms with Gasteiger partial charge in [0.25, 0.3) is 5.91 Å². The zero-order chi connectivity index (χ0) is 21.9. The number of benzene rings is 1. The monoisotopic (exact) mass is 423 g/mol. The molecule has 0 saturated carbocycles. The molecule has 30 heavy (non-hydrogen) atoms. The Kier molecular flexibility index (Phi) is 5.94. The predicted octanol–water partition coefficient (Wildman–Crippen LogP) is 3.95. The molecule has 0 aromatic heterocycles. The number of anilines is 1. The van der Waals surface area contributed by atoms with Crippen LogP contribution >= 0.6 is 0 Å². The van der Waals surface area contributed by atoms with Gasteiger partial charge in [-0.05, 0) is 47.6 Å². The van der Waals surface area contributed by atoms with Crippen LogP contribution in [0.2, 0.25) is 0 Å². The van der Waals surface area contributed by atoms with E-state index in [0.717, 1.165) is 23.1 Å². The van der Waals surface area contributed by atoms with Crippen molar-refractivity contribution in [3.8, 4) is 0 Å². The highest BCUT2D eigenvalue weighted by molar-refractivity contribution is 7.92. The third kappa shape index (κ3) is 5.67. The van der Waals surface area contributed by atoms with Gasteiger partial charge in [0.05, 0.1) is 17.5 Å². The molecule has 0 spiro atoms. The number of nitrogens with one attached hydrogen (secondary N) is 2. The number of sulfonamides is 1. The minimum absolute atomic E-state index is 0.136. The van der Waals surface area contributed by atoms with Crippen LogP contribution < -0.4 is 10.0 Å². The van der Waals surface area contributed by atoms with Crippen molar-refractivity contribution in [1.29, 1.82) is 0 Å². The van der Waals surface area contributed by atoms with E-state index < -0.39 is 10.0 Å². The van der Waals surface area contributed by atoms with Crippen molar-refractivity contribution in [2.75, 3.05) is 11.0 Å². The topological polar surface area (TPSA) is 87.6 Å². The van der Waals surface area contributed by atoms with Crippen LogP contribution in [0.5, 0.6) is 0 Å². The summed E-state index contributed by atoms with van der Waals surface area (Å²) in [7, 11) is -3.30. The van der Waals surface area contributed by atoms with E-state index in [1.807, 2.05) is 30.4 Å². The standard InChI is InChI=1S/C23H25N3O3S/c1-23(2,3)21-15-17(14-20(25-21)19-6-5-13-24-22(19)27)8-7-16-9-11-18(12-10-16)26-30(4,28)29/h5-15,25-26H,1-4H3. The molecule has 0 bridgehead atoms. The summed E-state index contributed by atoms with van der Waals surface area (Å²) >= 11 is 0. The van der Waals surface area contributed by atoms with Crippen LogP contribution in [0.25, 0.3) is 6.08 Å². The van der Waals surface area contributed by atoms with Gasteiger partial charge in [-0.3, -0.25) is 9.52 Å². The van der Waals surface area contributed by atoms with Crippen LogP contribution in [0.1, 0.15) is 26.3 Å². The molecule has 2 aliphatic rings. The van der Waals surface area contributed by atoms with E-state index in [4.69, 9.17) is 0 Å². The van der Waals surface area contributed by atoms with E-state index >= 15 is 0 Å². The molecular weight excluding hydrogens is 398 g/mol. The molecule has 1 aromatic carbocycles. The van der Waals surface area contributed by atoms with E-state index in [2.05, 4.69) is 41.9 Å². The van der Waals surface area contributed by atoms with Crippen molar-refractivity contribution in [3.05, 3.63) is 82.7 Å². The summed E-state index contributed by atoms with van der Waals surface area (Å²) in [6.07, 6.45) is 14.0. The first kappa shape index (κ1) is 21.5. The minimum Gasteiger partial charge on any atom is -0.358 e. The molecule has 1 amide bonds. The molecule has 1 aromatic rings. The minimum atomic E-state index is -3.30. The number of carbonyl (C=O) groups excluding carboxylic acids is 1. The largest absolute Gasteiger partial charge is 0.358 e. The number of amides is 1. The average molecular weight is 424 g/mol. The Morgan fingerprint density at radius 1 is 1.07 bits per heavy atom. The lowest BCUT2D eigenvalue weighted by atomic mass is 9.88. The maximum atomic E-state index is 12.2. The van der Waals surface area contributed by atoms with Crippen LogP contribution in [0.4, 0.5) is 5.69 Å². The number of rotatable bonds is 4. The van der Waals surface area contributed by atoms with Crippen molar-refractivity contribution >= 4 is 33.9 Å². The molecule has 0 aliphatic carbocycles. The molecule has 2 N–H and O–H groups in total. The Morgan fingerprint density at radius 2 is 1.77 bits per heavy atom. The molecule has 0 fully saturated rings. The zero-order valence-electron chi connectivity index (χ0n) is 17.4. The van der Waals surface area contributed by atoms with Gasteiger partial charge in [-0.2, -0.15) is 0 Å². The van der Waals surface area contributed by atoms with Crippen molar-refractivity contribution in [2.24, 2.45) is 10.4 Å². The molecule has 7 heteroatoms. The molecule has 3 rings (SSSR count). The fourth-order valence-electron chi connectivity index (χ4n) is 2.90. The van der Waals surface area contributed by atoms with Crippen molar-refractivity contribution in [3.63, 3.8) is 0 Å². The van der Waals surface area contributed by atoms with Gasteiger partial charge in [0, 0.05) is 23.0 Å². The molecule has 156 valence electrons. The molecular formula is C23H25N3O3S. The van der Waals surface area contributed by atoms with Crippen LogP contribution in [0.15, 0.2) is 82.2 Å². The Labute approximate surface area is 177 Å². The summed E-state index contributed by atoms with van der Waals surface area (Å²) in [5.74, 6) is -0.274. The number of allylic oxidation sites excluding steroid dienone is 6. The molecule has 0 unspecified atom stereocenters. The van der Waals surface area contributed by atoms with Gasteiger partial charge in [0.15, 0.2) is 0 Å². The fraction of sp³-hybridized carbons (Fsp3) is 0.217. The number of hydrogen-bond donors (Lipinski definition) is 2. The van der Waals surface area contributed by atoms with E-state index in [1.165, 1.54) is 6.21 Å². The van der Waals surface area contributed by atoms with E-state index in [0.29, 0.717) is 17.0 Å². The summed E-state index contributed by atoms with van der Waals surface area (Å²) in [4.78, 5) is 16.1. The number of hydrogen-bond acceptors (Lipinski definition) is 4. The maximum Gasteiger partial charge on any atom is 0.279 e. The Morgan fingerprint density at radius 3 is 2.37 bits per heavy atom. The second-order valence-electron chi connectivity index (χ2n) is 8.18. The maximum absolute atomic E-state index is 12.2.